The van der Waals surface area contributed by atoms with E-state index in [1.165, 1.54) is 11.3 Å². The lowest BCUT2D eigenvalue weighted by molar-refractivity contribution is -0.119. The van der Waals surface area contributed by atoms with Crippen molar-refractivity contribution in [1.82, 2.24) is 5.32 Å². The number of nitrogens with one attached hydrogen (secondary N) is 3. The van der Waals surface area contributed by atoms with Crippen LogP contribution in [-0.2, 0) is 11.2 Å². The van der Waals surface area contributed by atoms with Crippen LogP contribution < -0.4 is 16.0 Å². The molecule has 6 nitrogen and oxygen atoms in total. The van der Waals surface area contributed by atoms with Gasteiger partial charge in [0.05, 0.1) is 22.5 Å². The van der Waals surface area contributed by atoms with Crippen LogP contribution >= 0.6 is 11.3 Å². The van der Waals surface area contributed by atoms with Crippen LogP contribution in [0.1, 0.15) is 25.6 Å². The number of anilines is 2. The van der Waals surface area contributed by atoms with E-state index in [1.54, 1.807) is 67.7 Å². The largest absolute Gasteiger partial charge is 0.359 e. The van der Waals surface area contributed by atoms with Crippen LogP contribution in [0.3, 0.4) is 0 Å². The van der Waals surface area contributed by atoms with Gasteiger partial charge in [0.2, 0.25) is 5.91 Å². The van der Waals surface area contributed by atoms with E-state index in [-0.39, 0.29) is 24.1 Å². The van der Waals surface area contributed by atoms with Crippen molar-refractivity contribution in [2.45, 2.75) is 6.42 Å². The molecule has 0 atom stereocenters. The molecular weight excluding hydrogens is 374 g/mol. The molecule has 3 N–H and O–H groups in total. The first-order valence-corrected chi connectivity index (χ1v) is 9.49. The first kappa shape index (κ1) is 19.3. The summed E-state index contributed by atoms with van der Waals surface area (Å²) in [5, 5.41) is 9.99. The number of amides is 3. The van der Waals surface area contributed by atoms with Crippen molar-refractivity contribution in [2.24, 2.45) is 0 Å². The molecule has 0 aliphatic carbocycles. The van der Waals surface area contributed by atoms with E-state index in [0.717, 1.165) is 5.56 Å². The van der Waals surface area contributed by atoms with Gasteiger partial charge >= 0.3 is 0 Å². The number of carbonyl (C=O) groups is 3. The van der Waals surface area contributed by atoms with Crippen molar-refractivity contribution in [3.63, 3.8) is 0 Å². The summed E-state index contributed by atoms with van der Waals surface area (Å²) in [6.07, 6.45) is 0.280. The van der Waals surface area contributed by atoms with Crippen LogP contribution in [0.25, 0.3) is 0 Å². The van der Waals surface area contributed by atoms with Crippen molar-refractivity contribution in [3.05, 3.63) is 82.0 Å². The Morgan fingerprint density at radius 2 is 1.61 bits per heavy atom. The number of thiophene rings is 1. The molecule has 3 amide bonds. The van der Waals surface area contributed by atoms with Gasteiger partial charge in [0.25, 0.3) is 11.8 Å². The third-order valence-electron chi connectivity index (χ3n) is 4.02. The zero-order chi connectivity index (χ0) is 19.9. The van der Waals surface area contributed by atoms with E-state index in [0.29, 0.717) is 21.8 Å². The maximum Gasteiger partial charge on any atom is 0.265 e. The van der Waals surface area contributed by atoms with Crippen LogP contribution in [0.15, 0.2) is 66.0 Å². The minimum atomic E-state index is -0.332. The fraction of sp³-hybridized carbons (Fsp3) is 0.0952. The number of rotatable bonds is 6. The van der Waals surface area contributed by atoms with Gasteiger partial charge in [0.15, 0.2) is 0 Å². The second kappa shape index (κ2) is 8.96. The standard InChI is InChI=1S/C21H19N3O3S/c1-22-19(25)13-14-8-10-15(11-9-14)23-20(26)16-5-2-3-6-17(16)24-21(27)18-7-4-12-28-18/h2-12H,13H2,1H3,(H,22,25)(H,23,26)(H,24,27). The molecule has 3 aromatic rings. The Balaban J connectivity index is 1.71. The fourth-order valence-corrected chi connectivity index (χ4v) is 3.18. The van der Waals surface area contributed by atoms with E-state index in [9.17, 15) is 14.4 Å². The van der Waals surface area contributed by atoms with Crippen LogP contribution in [0.2, 0.25) is 0 Å². The zero-order valence-electron chi connectivity index (χ0n) is 15.2. The summed E-state index contributed by atoms with van der Waals surface area (Å²) in [7, 11) is 1.59. The molecule has 0 aliphatic heterocycles. The summed E-state index contributed by atoms with van der Waals surface area (Å²) in [4.78, 5) is 37.0. The summed E-state index contributed by atoms with van der Waals surface area (Å²) in [5.41, 5.74) is 2.25. The van der Waals surface area contributed by atoms with Gasteiger partial charge in [-0.3, -0.25) is 14.4 Å². The smallest absolute Gasteiger partial charge is 0.265 e. The number of benzene rings is 2. The van der Waals surface area contributed by atoms with E-state index < -0.39 is 0 Å². The van der Waals surface area contributed by atoms with Gasteiger partial charge in [-0.1, -0.05) is 30.3 Å². The van der Waals surface area contributed by atoms with E-state index in [2.05, 4.69) is 16.0 Å². The molecule has 1 heterocycles. The Morgan fingerprint density at radius 1 is 0.857 bits per heavy atom. The molecule has 28 heavy (non-hydrogen) atoms. The number of hydrogen-bond acceptors (Lipinski definition) is 4. The van der Waals surface area contributed by atoms with Crippen molar-refractivity contribution >= 4 is 40.4 Å². The molecule has 0 unspecified atom stereocenters. The summed E-state index contributed by atoms with van der Waals surface area (Å²) < 4.78 is 0. The molecular formula is C21H19N3O3S. The number of hydrogen-bond donors (Lipinski definition) is 3. The molecule has 0 spiro atoms. The number of likely N-dealkylation sites (N-methyl/N-ethyl adjacent to an activating group) is 1. The molecule has 0 saturated carbocycles. The number of carbonyl (C=O) groups excluding carboxylic acids is 3. The Labute approximate surface area is 166 Å². The normalized spacial score (nSPS) is 10.2. The molecule has 3 rings (SSSR count). The first-order valence-electron chi connectivity index (χ1n) is 8.61. The highest BCUT2D eigenvalue weighted by atomic mass is 32.1. The lowest BCUT2D eigenvalue weighted by atomic mass is 10.1. The lowest BCUT2D eigenvalue weighted by Crippen LogP contribution is -2.20. The minimum absolute atomic E-state index is 0.0767. The van der Waals surface area contributed by atoms with Gasteiger partial charge in [0, 0.05) is 12.7 Å². The third-order valence-corrected chi connectivity index (χ3v) is 4.89. The third kappa shape index (κ3) is 4.83. The first-order chi connectivity index (χ1) is 13.6. The average molecular weight is 393 g/mol. The van der Waals surface area contributed by atoms with Crippen LogP contribution in [0.4, 0.5) is 11.4 Å². The van der Waals surface area contributed by atoms with Crippen molar-refractivity contribution < 1.29 is 14.4 Å². The predicted octanol–water partition coefficient (Wildman–Crippen LogP) is 3.54. The lowest BCUT2D eigenvalue weighted by Gasteiger charge is -2.11. The molecule has 0 saturated heterocycles. The van der Waals surface area contributed by atoms with E-state index >= 15 is 0 Å². The molecule has 0 aliphatic rings. The Bertz CT molecular complexity index is 982. The maximum atomic E-state index is 12.7. The zero-order valence-corrected chi connectivity index (χ0v) is 16.0. The van der Waals surface area contributed by atoms with Gasteiger partial charge in [-0.2, -0.15) is 0 Å². The monoisotopic (exact) mass is 393 g/mol. The van der Waals surface area contributed by atoms with Crippen LogP contribution in [0.5, 0.6) is 0 Å². The molecule has 2 aromatic carbocycles. The second-order valence-electron chi connectivity index (χ2n) is 5.98. The van der Waals surface area contributed by atoms with Gasteiger partial charge in [-0.15, -0.1) is 11.3 Å². The molecule has 0 bridgehead atoms. The van der Waals surface area contributed by atoms with Gasteiger partial charge in [-0.05, 0) is 41.3 Å². The topological polar surface area (TPSA) is 87.3 Å². The Morgan fingerprint density at radius 3 is 2.29 bits per heavy atom. The van der Waals surface area contributed by atoms with Crippen molar-refractivity contribution in [1.29, 1.82) is 0 Å². The SMILES string of the molecule is CNC(=O)Cc1ccc(NC(=O)c2ccccc2NC(=O)c2cccs2)cc1. The van der Waals surface area contributed by atoms with Crippen LogP contribution in [0, 0.1) is 0 Å². The Hall–Kier alpha value is -3.45. The van der Waals surface area contributed by atoms with Gasteiger partial charge in [0.1, 0.15) is 0 Å². The van der Waals surface area contributed by atoms with Gasteiger partial charge in [-0.25, -0.2) is 0 Å². The summed E-state index contributed by atoms with van der Waals surface area (Å²) in [6.45, 7) is 0. The number of para-hydroxylation sites is 1. The average Bonchev–Trinajstić information content (AvgIpc) is 3.25. The molecule has 0 fully saturated rings. The summed E-state index contributed by atoms with van der Waals surface area (Å²) in [5.74, 6) is -0.665. The summed E-state index contributed by atoms with van der Waals surface area (Å²) >= 11 is 1.33. The molecule has 1 aromatic heterocycles. The fourth-order valence-electron chi connectivity index (χ4n) is 2.56. The highest BCUT2D eigenvalue weighted by Gasteiger charge is 2.15. The molecule has 7 heteroatoms. The van der Waals surface area contributed by atoms with Crippen molar-refractivity contribution in [3.8, 4) is 0 Å². The van der Waals surface area contributed by atoms with Crippen LogP contribution in [-0.4, -0.2) is 24.8 Å². The summed E-state index contributed by atoms with van der Waals surface area (Å²) in [6, 6.07) is 17.4. The highest BCUT2D eigenvalue weighted by molar-refractivity contribution is 7.12. The molecule has 142 valence electrons. The van der Waals surface area contributed by atoms with Crippen molar-refractivity contribution in [2.75, 3.05) is 17.7 Å². The Kier molecular flexibility index (Phi) is 6.18. The minimum Gasteiger partial charge on any atom is -0.359 e. The van der Waals surface area contributed by atoms with E-state index in [4.69, 9.17) is 0 Å². The second-order valence-corrected chi connectivity index (χ2v) is 6.93. The quantitative estimate of drug-likeness (QED) is 0.599. The van der Waals surface area contributed by atoms with E-state index in [1.807, 2.05) is 5.38 Å². The highest BCUT2D eigenvalue weighted by Crippen LogP contribution is 2.20. The maximum absolute atomic E-state index is 12.7. The predicted molar refractivity (Wildman–Crippen MR) is 111 cm³/mol. The molecule has 0 radical (unpaired) electrons. The van der Waals surface area contributed by atoms with Gasteiger partial charge < -0.3 is 16.0 Å².